The molecule has 3 rings (SSSR count). The van der Waals surface area contributed by atoms with Crippen LogP contribution in [0.25, 0.3) is 0 Å². The Morgan fingerprint density at radius 2 is 1.70 bits per heavy atom. The van der Waals surface area contributed by atoms with E-state index < -0.39 is 11.8 Å². The number of benzene rings is 1. The van der Waals surface area contributed by atoms with Crippen LogP contribution in [0.3, 0.4) is 0 Å². The van der Waals surface area contributed by atoms with Crippen molar-refractivity contribution in [3.05, 3.63) is 29.3 Å². The topological polar surface area (TPSA) is 68.1 Å². The van der Waals surface area contributed by atoms with Crippen molar-refractivity contribution in [1.82, 2.24) is 0 Å². The minimum Gasteiger partial charge on any atom is -0.493 e. The van der Waals surface area contributed by atoms with Gasteiger partial charge in [0.15, 0.2) is 0 Å². The van der Waals surface area contributed by atoms with Crippen molar-refractivity contribution in [1.29, 1.82) is 0 Å². The SMILES string of the molecule is O=C1N=NC(=O)c2cc(OCC3CCCCC3)ccc21. The predicted molar refractivity (Wildman–Crippen MR) is 72.0 cm³/mol. The van der Waals surface area contributed by atoms with Crippen LogP contribution in [-0.4, -0.2) is 18.4 Å². The van der Waals surface area contributed by atoms with Crippen LogP contribution >= 0.6 is 0 Å². The zero-order valence-corrected chi connectivity index (χ0v) is 11.2. The first-order chi connectivity index (χ1) is 9.74. The molecule has 0 aromatic heterocycles. The van der Waals surface area contributed by atoms with E-state index in [2.05, 4.69) is 10.2 Å². The quantitative estimate of drug-likeness (QED) is 0.846. The highest BCUT2D eigenvalue weighted by molar-refractivity contribution is 6.11. The van der Waals surface area contributed by atoms with Crippen LogP contribution in [-0.2, 0) is 0 Å². The smallest absolute Gasteiger partial charge is 0.296 e. The minimum absolute atomic E-state index is 0.283. The number of rotatable bonds is 3. The lowest BCUT2D eigenvalue weighted by atomic mass is 9.90. The number of carbonyl (C=O) groups is 2. The maximum atomic E-state index is 11.6. The van der Waals surface area contributed by atoms with E-state index in [0.717, 1.165) is 0 Å². The molecule has 104 valence electrons. The third-order valence-corrected chi connectivity index (χ3v) is 3.89. The average molecular weight is 272 g/mol. The Morgan fingerprint density at radius 3 is 2.45 bits per heavy atom. The number of nitrogens with zero attached hydrogens (tertiary/aromatic N) is 2. The summed E-state index contributed by atoms with van der Waals surface area (Å²) < 4.78 is 5.76. The third kappa shape index (κ3) is 2.61. The summed E-state index contributed by atoms with van der Waals surface area (Å²) in [6.07, 6.45) is 6.27. The van der Waals surface area contributed by atoms with Gasteiger partial charge < -0.3 is 4.74 Å². The molecule has 0 atom stereocenters. The van der Waals surface area contributed by atoms with Crippen LogP contribution in [0.4, 0.5) is 0 Å². The Labute approximate surface area is 117 Å². The first kappa shape index (κ1) is 13.0. The van der Waals surface area contributed by atoms with E-state index in [9.17, 15) is 9.59 Å². The number of ether oxygens (including phenoxy) is 1. The number of carbonyl (C=O) groups excluding carboxylic acids is 2. The Balaban J connectivity index is 1.71. The predicted octanol–water partition coefficient (Wildman–Crippen LogP) is 3.39. The molecule has 1 aliphatic carbocycles. The van der Waals surface area contributed by atoms with Crippen molar-refractivity contribution in [2.24, 2.45) is 16.1 Å². The molecule has 1 saturated carbocycles. The molecule has 5 heteroatoms. The second-order valence-corrected chi connectivity index (χ2v) is 5.33. The molecule has 2 amide bonds. The molecule has 0 radical (unpaired) electrons. The number of fused-ring (bicyclic) bond motifs is 1. The molecule has 1 aromatic rings. The van der Waals surface area contributed by atoms with Crippen molar-refractivity contribution in [3.63, 3.8) is 0 Å². The van der Waals surface area contributed by atoms with Gasteiger partial charge in [0, 0.05) is 0 Å². The van der Waals surface area contributed by atoms with Crippen molar-refractivity contribution < 1.29 is 14.3 Å². The summed E-state index contributed by atoms with van der Waals surface area (Å²) in [4.78, 5) is 23.1. The molecule has 0 unspecified atom stereocenters. The van der Waals surface area contributed by atoms with Crippen molar-refractivity contribution in [3.8, 4) is 5.75 Å². The Hall–Kier alpha value is -2.04. The van der Waals surface area contributed by atoms with Gasteiger partial charge in [-0.05, 0) is 37.0 Å². The summed E-state index contributed by atoms with van der Waals surface area (Å²) in [6, 6.07) is 4.90. The molecule has 1 fully saturated rings. The molecule has 2 aliphatic rings. The van der Waals surface area contributed by atoms with Gasteiger partial charge in [-0.3, -0.25) is 9.59 Å². The second kappa shape index (κ2) is 5.53. The van der Waals surface area contributed by atoms with Gasteiger partial charge in [0.1, 0.15) is 5.75 Å². The highest BCUT2D eigenvalue weighted by Crippen LogP contribution is 2.26. The van der Waals surface area contributed by atoms with Crippen LogP contribution < -0.4 is 4.74 Å². The van der Waals surface area contributed by atoms with E-state index >= 15 is 0 Å². The van der Waals surface area contributed by atoms with Gasteiger partial charge in [-0.2, -0.15) is 0 Å². The summed E-state index contributed by atoms with van der Waals surface area (Å²) in [5.74, 6) is 0.255. The molecule has 5 nitrogen and oxygen atoms in total. The minimum atomic E-state index is -0.484. The van der Waals surface area contributed by atoms with Crippen molar-refractivity contribution in [2.45, 2.75) is 32.1 Å². The second-order valence-electron chi connectivity index (χ2n) is 5.33. The van der Waals surface area contributed by atoms with Crippen LogP contribution in [0, 0.1) is 5.92 Å². The molecular weight excluding hydrogens is 256 g/mol. The van der Waals surface area contributed by atoms with Gasteiger partial charge in [0.05, 0.1) is 17.7 Å². The highest BCUT2D eigenvalue weighted by atomic mass is 16.5. The summed E-state index contributed by atoms with van der Waals surface area (Å²) in [7, 11) is 0. The van der Waals surface area contributed by atoms with E-state index in [-0.39, 0.29) is 5.56 Å². The number of amides is 2. The molecule has 0 N–H and O–H groups in total. The Morgan fingerprint density at radius 1 is 1.00 bits per heavy atom. The van der Waals surface area contributed by atoms with Gasteiger partial charge in [-0.25, -0.2) is 0 Å². The third-order valence-electron chi connectivity index (χ3n) is 3.89. The number of azo groups is 1. The van der Waals surface area contributed by atoms with Crippen LogP contribution in [0.1, 0.15) is 52.8 Å². The van der Waals surface area contributed by atoms with Crippen LogP contribution in [0.5, 0.6) is 5.75 Å². The average Bonchev–Trinajstić information content (AvgIpc) is 2.50. The summed E-state index contributed by atoms with van der Waals surface area (Å²) in [5.41, 5.74) is 0.584. The van der Waals surface area contributed by atoms with Crippen LogP contribution in [0.15, 0.2) is 28.4 Å². The molecule has 1 heterocycles. The summed E-state index contributed by atoms with van der Waals surface area (Å²) in [6.45, 7) is 0.669. The van der Waals surface area contributed by atoms with E-state index in [1.807, 2.05) is 0 Å². The maximum absolute atomic E-state index is 11.6. The number of hydrogen-bond donors (Lipinski definition) is 0. The Kier molecular flexibility index (Phi) is 3.58. The Bertz CT molecular complexity index is 574. The first-order valence-corrected chi connectivity index (χ1v) is 7.01. The maximum Gasteiger partial charge on any atom is 0.296 e. The largest absolute Gasteiger partial charge is 0.493 e. The lowest BCUT2D eigenvalue weighted by Gasteiger charge is -2.21. The summed E-state index contributed by atoms with van der Waals surface area (Å²) in [5, 5.41) is 6.62. The zero-order valence-electron chi connectivity index (χ0n) is 11.2. The fourth-order valence-corrected chi connectivity index (χ4v) is 2.74. The van der Waals surface area contributed by atoms with Crippen LogP contribution in [0.2, 0.25) is 0 Å². The fraction of sp³-hybridized carbons (Fsp3) is 0.467. The van der Waals surface area contributed by atoms with Gasteiger partial charge in [-0.15, -0.1) is 10.2 Å². The van der Waals surface area contributed by atoms with Gasteiger partial charge in [0.2, 0.25) is 0 Å². The molecule has 1 aromatic carbocycles. The summed E-state index contributed by atoms with van der Waals surface area (Å²) >= 11 is 0. The lowest BCUT2D eigenvalue weighted by molar-refractivity contribution is 0.0920. The van der Waals surface area contributed by atoms with E-state index in [0.29, 0.717) is 23.8 Å². The standard InChI is InChI=1S/C15H16N2O3/c18-14-12-7-6-11(8-13(12)15(19)17-16-14)20-9-10-4-2-1-3-5-10/h6-8,10H,1-5,9H2. The molecule has 0 saturated heterocycles. The highest BCUT2D eigenvalue weighted by Gasteiger charge is 2.22. The molecule has 1 aliphatic heterocycles. The molecule has 0 spiro atoms. The van der Waals surface area contributed by atoms with Gasteiger partial charge >= 0.3 is 0 Å². The van der Waals surface area contributed by atoms with Crippen molar-refractivity contribution in [2.75, 3.05) is 6.61 Å². The van der Waals surface area contributed by atoms with Crippen molar-refractivity contribution >= 4 is 11.8 Å². The van der Waals surface area contributed by atoms with Gasteiger partial charge in [0.25, 0.3) is 11.8 Å². The lowest BCUT2D eigenvalue weighted by Crippen LogP contribution is -2.16. The molecule has 20 heavy (non-hydrogen) atoms. The molecular formula is C15H16N2O3. The monoisotopic (exact) mass is 272 g/mol. The van der Waals surface area contributed by atoms with E-state index in [4.69, 9.17) is 4.74 Å². The van der Waals surface area contributed by atoms with Gasteiger partial charge in [-0.1, -0.05) is 19.3 Å². The fourth-order valence-electron chi connectivity index (χ4n) is 2.74. The number of hydrogen-bond acceptors (Lipinski definition) is 3. The normalized spacial score (nSPS) is 19.0. The molecule has 0 bridgehead atoms. The zero-order chi connectivity index (χ0) is 13.9. The van der Waals surface area contributed by atoms with E-state index in [1.54, 1.807) is 18.2 Å². The van der Waals surface area contributed by atoms with E-state index in [1.165, 1.54) is 32.1 Å². The first-order valence-electron chi connectivity index (χ1n) is 7.01.